The molecule has 138 valence electrons. The zero-order valence-corrected chi connectivity index (χ0v) is 16.6. The molecule has 2 bridgehead atoms. The van der Waals surface area contributed by atoms with Gasteiger partial charge < -0.3 is 5.32 Å². The highest BCUT2D eigenvalue weighted by atomic mass is 15.2. The van der Waals surface area contributed by atoms with E-state index in [1.165, 1.54) is 44.3 Å². The second kappa shape index (κ2) is 6.70. The van der Waals surface area contributed by atoms with E-state index in [-0.39, 0.29) is 0 Å². The topological polar surface area (TPSA) is 15.3 Å². The fourth-order valence-corrected chi connectivity index (χ4v) is 5.45. The summed E-state index contributed by atoms with van der Waals surface area (Å²) in [6.07, 6.45) is 5.51. The first-order valence-corrected chi connectivity index (χ1v) is 10.5. The van der Waals surface area contributed by atoms with E-state index >= 15 is 0 Å². The van der Waals surface area contributed by atoms with Crippen molar-refractivity contribution in [3.8, 4) is 0 Å². The van der Waals surface area contributed by atoms with Crippen LogP contribution in [0.3, 0.4) is 0 Å². The second-order valence-corrected chi connectivity index (χ2v) is 9.59. The summed E-state index contributed by atoms with van der Waals surface area (Å²) in [5, 5.41) is 3.84. The molecule has 2 nitrogen and oxygen atoms in total. The number of nitrogens with one attached hydrogen (secondary N) is 1. The lowest BCUT2D eigenvalue weighted by Gasteiger charge is -2.56. The van der Waals surface area contributed by atoms with Crippen molar-refractivity contribution in [2.24, 2.45) is 17.8 Å². The molecule has 2 aliphatic carbocycles. The number of aryl methyl sites for hydroxylation is 1. The SMILES string of the molecule is Cc1ccc2c(c1)[C@@]1(CNCC(C)C)CCN(CC3CC3)C(C2)[C@@H]1C. The first-order valence-electron chi connectivity index (χ1n) is 10.5. The van der Waals surface area contributed by atoms with Gasteiger partial charge in [-0.15, -0.1) is 0 Å². The number of benzene rings is 1. The molecule has 0 radical (unpaired) electrons. The number of piperidine rings is 1. The van der Waals surface area contributed by atoms with Crippen LogP contribution in [0, 0.1) is 24.7 Å². The summed E-state index contributed by atoms with van der Waals surface area (Å²) in [6, 6.07) is 8.01. The molecule has 0 aromatic heterocycles. The van der Waals surface area contributed by atoms with Crippen molar-refractivity contribution in [3.05, 3.63) is 34.9 Å². The quantitative estimate of drug-likeness (QED) is 0.837. The maximum absolute atomic E-state index is 3.84. The zero-order chi connectivity index (χ0) is 17.6. The van der Waals surface area contributed by atoms with E-state index in [2.05, 4.69) is 56.1 Å². The van der Waals surface area contributed by atoms with Gasteiger partial charge in [0.15, 0.2) is 0 Å². The Morgan fingerprint density at radius 1 is 1.28 bits per heavy atom. The highest BCUT2D eigenvalue weighted by molar-refractivity contribution is 5.43. The standard InChI is InChI=1S/C23H36N2/c1-16(2)13-24-15-23-9-10-25(14-19-6-7-19)22(18(23)4)12-20-8-5-17(3)11-21(20)23/h5,8,11,16,18-19,22,24H,6-7,9-10,12-15H2,1-4H3/t18-,22?,23+/m0/s1. The van der Waals surface area contributed by atoms with Gasteiger partial charge in [0, 0.05) is 24.5 Å². The zero-order valence-electron chi connectivity index (χ0n) is 16.6. The van der Waals surface area contributed by atoms with E-state index < -0.39 is 0 Å². The van der Waals surface area contributed by atoms with Gasteiger partial charge in [-0.25, -0.2) is 0 Å². The Morgan fingerprint density at radius 2 is 2.08 bits per heavy atom. The maximum atomic E-state index is 3.84. The van der Waals surface area contributed by atoms with Crippen molar-refractivity contribution in [2.75, 3.05) is 26.2 Å². The number of likely N-dealkylation sites (tertiary alicyclic amines) is 1. The third-order valence-electron chi connectivity index (χ3n) is 7.18. The molecular weight excluding hydrogens is 304 g/mol. The molecule has 25 heavy (non-hydrogen) atoms. The minimum Gasteiger partial charge on any atom is -0.316 e. The van der Waals surface area contributed by atoms with E-state index in [1.54, 1.807) is 11.1 Å². The first kappa shape index (κ1) is 17.5. The van der Waals surface area contributed by atoms with Crippen LogP contribution in [0.1, 0.15) is 56.7 Å². The predicted molar refractivity (Wildman–Crippen MR) is 106 cm³/mol. The van der Waals surface area contributed by atoms with E-state index in [0.29, 0.717) is 5.41 Å². The number of rotatable bonds is 6. The Morgan fingerprint density at radius 3 is 2.80 bits per heavy atom. The normalized spacial score (nSPS) is 32.0. The third kappa shape index (κ3) is 3.28. The van der Waals surface area contributed by atoms with Crippen molar-refractivity contribution in [1.82, 2.24) is 10.2 Å². The van der Waals surface area contributed by atoms with Crippen LogP contribution >= 0.6 is 0 Å². The van der Waals surface area contributed by atoms with Gasteiger partial charge in [0.1, 0.15) is 0 Å². The molecule has 1 aromatic rings. The lowest BCUT2D eigenvalue weighted by atomic mass is 9.57. The number of hydrogen-bond acceptors (Lipinski definition) is 2. The average Bonchev–Trinajstić information content (AvgIpc) is 3.37. The first-order chi connectivity index (χ1) is 12.0. The Labute approximate surface area is 154 Å². The van der Waals surface area contributed by atoms with Gasteiger partial charge in [0.2, 0.25) is 0 Å². The molecule has 1 aliphatic heterocycles. The number of nitrogens with zero attached hydrogens (tertiary/aromatic N) is 1. The summed E-state index contributed by atoms with van der Waals surface area (Å²) >= 11 is 0. The van der Waals surface area contributed by atoms with Gasteiger partial charge in [-0.2, -0.15) is 0 Å². The van der Waals surface area contributed by atoms with Gasteiger partial charge in [-0.05, 0) is 74.6 Å². The van der Waals surface area contributed by atoms with Crippen LogP contribution in [0.5, 0.6) is 0 Å². The molecule has 3 aliphatic rings. The molecule has 1 heterocycles. The summed E-state index contributed by atoms with van der Waals surface area (Å²) in [4.78, 5) is 2.85. The van der Waals surface area contributed by atoms with Crippen molar-refractivity contribution in [3.63, 3.8) is 0 Å². The molecule has 1 N–H and O–H groups in total. The van der Waals surface area contributed by atoms with E-state index in [9.17, 15) is 0 Å². The van der Waals surface area contributed by atoms with E-state index in [4.69, 9.17) is 0 Å². The molecule has 2 fully saturated rings. The largest absolute Gasteiger partial charge is 0.316 e. The highest BCUT2D eigenvalue weighted by Crippen LogP contribution is 2.49. The number of fused-ring (bicyclic) bond motifs is 4. The van der Waals surface area contributed by atoms with Crippen molar-refractivity contribution < 1.29 is 0 Å². The Bertz CT molecular complexity index is 619. The molecule has 0 amide bonds. The smallest absolute Gasteiger partial charge is 0.0170 e. The van der Waals surface area contributed by atoms with Crippen LogP contribution in [-0.4, -0.2) is 37.1 Å². The van der Waals surface area contributed by atoms with Crippen molar-refractivity contribution in [2.45, 2.75) is 64.8 Å². The Kier molecular flexibility index (Phi) is 4.70. The summed E-state index contributed by atoms with van der Waals surface area (Å²) in [6.45, 7) is 14.4. The average molecular weight is 341 g/mol. The van der Waals surface area contributed by atoms with Crippen LogP contribution in [-0.2, 0) is 11.8 Å². The summed E-state index contributed by atoms with van der Waals surface area (Å²) < 4.78 is 0. The van der Waals surface area contributed by atoms with Crippen molar-refractivity contribution in [1.29, 1.82) is 0 Å². The Hall–Kier alpha value is -0.860. The van der Waals surface area contributed by atoms with Crippen molar-refractivity contribution >= 4 is 0 Å². The van der Waals surface area contributed by atoms with Gasteiger partial charge in [0.25, 0.3) is 0 Å². The maximum Gasteiger partial charge on any atom is 0.0170 e. The van der Waals surface area contributed by atoms with Crippen LogP contribution in [0.15, 0.2) is 18.2 Å². The van der Waals surface area contributed by atoms with Crippen LogP contribution in [0.2, 0.25) is 0 Å². The molecule has 0 spiro atoms. The Balaban J connectivity index is 1.65. The molecular formula is C23H36N2. The monoisotopic (exact) mass is 340 g/mol. The van der Waals surface area contributed by atoms with Crippen LogP contribution in [0.25, 0.3) is 0 Å². The van der Waals surface area contributed by atoms with Gasteiger partial charge in [-0.3, -0.25) is 4.90 Å². The molecule has 1 unspecified atom stereocenters. The molecule has 1 aromatic carbocycles. The molecule has 1 saturated heterocycles. The minimum absolute atomic E-state index is 0.333. The van der Waals surface area contributed by atoms with Crippen LogP contribution in [0.4, 0.5) is 0 Å². The summed E-state index contributed by atoms with van der Waals surface area (Å²) in [5.74, 6) is 2.46. The van der Waals surface area contributed by atoms with Gasteiger partial charge in [-0.1, -0.05) is 44.5 Å². The molecule has 1 saturated carbocycles. The van der Waals surface area contributed by atoms with Crippen LogP contribution < -0.4 is 5.32 Å². The minimum atomic E-state index is 0.333. The lowest BCUT2D eigenvalue weighted by Crippen LogP contribution is -2.62. The van der Waals surface area contributed by atoms with E-state index in [1.807, 2.05) is 0 Å². The summed E-state index contributed by atoms with van der Waals surface area (Å²) in [7, 11) is 0. The second-order valence-electron chi connectivity index (χ2n) is 9.59. The van der Waals surface area contributed by atoms with Gasteiger partial charge >= 0.3 is 0 Å². The summed E-state index contributed by atoms with van der Waals surface area (Å²) in [5.41, 5.74) is 5.05. The predicted octanol–water partition coefficient (Wildman–Crippen LogP) is 4.15. The molecule has 2 heteroatoms. The third-order valence-corrected chi connectivity index (χ3v) is 7.18. The molecule has 3 atom stereocenters. The molecule has 4 rings (SSSR count). The van der Waals surface area contributed by atoms with E-state index in [0.717, 1.165) is 36.9 Å². The lowest BCUT2D eigenvalue weighted by molar-refractivity contribution is 0.0198. The number of hydrogen-bond donors (Lipinski definition) is 1. The highest BCUT2D eigenvalue weighted by Gasteiger charge is 2.51. The fraction of sp³-hybridized carbons (Fsp3) is 0.739. The van der Waals surface area contributed by atoms with Gasteiger partial charge in [0.05, 0.1) is 0 Å². The fourth-order valence-electron chi connectivity index (χ4n) is 5.45.